The number of pyridine rings is 1. The molecule has 0 radical (unpaired) electrons. The summed E-state index contributed by atoms with van der Waals surface area (Å²) in [4.78, 5) is 4.35. The van der Waals surface area contributed by atoms with Crippen LogP contribution in [0.5, 0.6) is 5.75 Å². The average Bonchev–Trinajstić information content (AvgIpc) is 3.49. The van der Waals surface area contributed by atoms with Crippen molar-refractivity contribution < 1.29 is 9.15 Å². The number of halogens is 2. The third-order valence-corrected chi connectivity index (χ3v) is 6.74. The zero-order chi connectivity index (χ0) is 23.7. The van der Waals surface area contributed by atoms with Crippen molar-refractivity contribution in [3.05, 3.63) is 58.7 Å². The predicted molar refractivity (Wildman–Crippen MR) is 134 cm³/mol. The largest absolute Gasteiger partial charge is 0.477 e. The number of nitrogens with one attached hydrogen (secondary N) is 1. The zero-order valence-electron chi connectivity index (χ0n) is 18.3. The molecule has 0 bridgehead atoms. The molecule has 4 aromatic rings. The Morgan fingerprint density at radius 1 is 1.26 bits per heavy atom. The number of terminal acetylenes is 1. The van der Waals surface area contributed by atoms with Gasteiger partial charge in [0, 0.05) is 39.1 Å². The van der Waals surface area contributed by atoms with Gasteiger partial charge in [0.2, 0.25) is 5.75 Å². The SMILES string of the molecule is C#CCC(Oc1c(N)ncc2c(-c3cnn(C4CCNCC4)c3)coc12)c1c(Cl)cccc1Cl. The molecule has 174 valence electrons. The van der Waals surface area contributed by atoms with Crippen LogP contribution in [0.4, 0.5) is 5.82 Å². The van der Waals surface area contributed by atoms with Crippen LogP contribution in [0.2, 0.25) is 10.0 Å². The fourth-order valence-corrected chi connectivity index (χ4v) is 4.98. The van der Waals surface area contributed by atoms with Crippen LogP contribution in [0.3, 0.4) is 0 Å². The fourth-order valence-electron chi connectivity index (χ4n) is 4.34. The predicted octanol–water partition coefficient (Wildman–Crippen LogP) is 5.65. The first-order chi connectivity index (χ1) is 16.6. The van der Waals surface area contributed by atoms with Crippen LogP contribution in [0.15, 0.2) is 47.5 Å². The van der Waals surface area contributed by atoms with Crippen molar-refractivity contribution in [2.45, 2.75) is 31.4 Å². The first-order valence-corrected chi connectivity index (χ1v) is 11.8. The van der Waals surface area contributed by atoms with Gasteiger partial charge in [-0.25, -0.2) is 4.98 Å². The Labute approximate surface area is 207 Å². The molecule has 9 heteroatoms. The smallest absolute Gasteiger partial charge is 0.205 e. The summed E-state index contributed by atoms with van der Waals surface area (Å²) in [6.07, 6.45) is 14.5. The molecule has 1 unspecified atom stereocenters. The Bertz CT molecular complexity index is 1350. The molecule has 1 aromatic carbocycles. The highest BCUT2D eigenvalue weighted by molar-refractivity contribution is 6.36. The molecule has 5 rings (SSSR count). The molecule has 1 atom stereocenters. The van der Waals surface area contributed by atoms with Gasteiger partial charge < -0.3 is 20.2 Å². The third-order valence-electron chi connectivity index (χ3n) is 6.08. The molecule has 1 aliphatic heterocycles. The van der Waals surface area contributed by atoms with Crippen LogP contribution in [-0.2, 0) is 0 Å². The standard InChI is InChI=1S/C25H23Cl2N5O2/c1-2-4-21(22-19(26)5-3-6-20(22)27)34-24-23-17(12-30-25(24)28)18(14-33-23)15-11-31-32(13-15)16-7-9-29-10-8-16/h1,3,5-6,11-14,16,21,29H,4,7-10H2,(H2,28,30). The van der Waals surface area contributed by atoms with Crippen LogP contribution in [0.25, 0.3) is 22.1 Å². The lowest BCUT2D eigenvalue weighted by molar-refractivity contribution is 0.213. The molecular formula is C25H23Cl2N5O2. The summed E-state index contributed by atoms with van der Waals surface area (Å²) in [5, 5.41) is 9.65. The molecule has 3 aromatic heterocycles. The van der Waals surface area contributed by atoms with E-state index in [1.807, 2.05) is 17.1 Å². The molecule has 3 N–H and O–H groups in total. The molecule has 34 heavy (non-hydrogen) atoms. The highest BCUT2D eigenvalue weighted by Crippen LogP contribution is 2.42. The Balaban J connectivity index is 1.52. The second-order valence-corrected chi connectivity index (χ2v) is 9.02. The van der Waals surface area contributed by atoms with E-state index in [1.54, 1.807) is 30.7 Å². The number of aromatic nitrogens is 3. The molecule has 1 aliphatic rings. The van der Waals surface area contributed by atoms with E-state index in [1.165, 1.54) is 0 Å². The van der Waals surface area contributed by atoms with Gasteiger partial charge in [0.1, 0.15) is 12.4 Å². The number of nitrogens with zero attached hydrogens (tertiary/aromatic N) is 3. The number of piperidine rings is 1. The van der Waals surface area contributed by atoms with E-state index in [0.29, 0.717) is 33.0 Å². The molecule has 1 fully saturated rings. The topological polar surface area (TPSA) is 91.1 Å². The highest BCUT2D eigenvalue weighted by Gasteiger charge is 2.25. The molecule has 0 spiro atoms. The molecule has 1 saturated heterocycles. The number of ether oxygens (including phenoxy) is 1. The second kappa shape index (κ2) is 9.59. The number of hydrogen-bond acceptors (Lipinski definition) is 6. The summed E-state index contributed by atoms with van der Waals surface area (Å²) in [5.41, 5.74) is 9.06. The summed E-state index contributed by atoms with van der Waals surface area (Å²) in [5.74, 6) is 3.11. The van der Waals surface area contributed by atoms with Gasteiger partial charge in [0.15, 0.2) is 11.4 Å². The van der Waals surface area contributed by atoms with Crippen LogP contribution >= 0.6 is 23.2 Å². The van der Waals surface area contributed by atoms with Crippen molar-refractivity contribution in [2.24, 2.45) is 0 Å². The quantitative estimate of drug-likeness (QED) is 0.336. The van der Waals surface area contributed by atoms with Crippen LogP contribution < -0.4 is 15.8 Å². The number of anilines is 1. The summed E-state index contributed by atoms with van der Waals surface area (Å²) in [6.45, 7) is 1.99. The Hall–Kier alpha value is -3.18. The normalized spacial score (nSPS) is 15.3. The number of nitrogen functional groups attached to an aromatic ring is 1. The molecule has 0 amide bonds. The summed E-state index contributed by atoms with van der Waals surface area (Å²) in [7, 11) is 0. The van der Waals surface area contributed by atoms with E-state index in [4.69, 9.17) is 44.5 Å². The Morgan fingerprint density at radius 3 is 2.76 bits per heavy atom. The number of rotatable bonds is 6. The minimum Gasteiger partial charge on any atom is -0.477 e. The lowest BCUT2D eigenvalue weighted by Crippen LogP contribution is -2.29. The van der Waals surface area contributed by atoms with Crippen molar-refractivity contribution in [3.8, 4) is 29.2 Å². The molecule has 0 saturated carbocycles. The lowest BCUT2D eigenvalue weighted by atomic mass is 10.1. The maximum atomic E-state index is 6.42. The van der Waals surface area contributed by atoms with Gasteiger partial charge in [0.25, 0.3) is 0 Å². The maximum Gasteiger partial charge on any atom is 0.205 e. The lowest BCUT2D eigenvalue weighted by Gasteiger charge is -2.22. The minimum absolute atomic E-state index is 0.184. The van der Waals surface area contributed by atoms with Gasteiger partial charge in [0.05, 0.1) is 24.0 Å². The number of furan rings is 1. The maximum absolute atomic E-state index is 6.42. The van der Waals surface area contributed by atoms with Crippen LogP contribution in [0, 0.1) is 12.3 Å². The van der Waals surface area contributed by atoms with E-state index in [9.17, 15) is 0 Å². The first kappa shape index (κ1) is 22.6. The zero-order valence-corrected chi connectivity index (χ0v) is 19.8. The van der Waals surface area contributed by atoms with Gasteiger partial charge in [-0.1, -0.05) is 29.3 Å². The third kappa shape index (κ3) is 4.21. The number of nitrogens with two attached hydrogens (primary N) is 1. The molecule has 0 aliphatic carbocycles. The number of hydrogen-bond donors (Lipinski definition) is 2. The van der Waals surface area contributed by atoms with Crippen LogP contribution in [0.1, 0.15) is 37.0 Å². The number of fused-ring (bicyclic) bond motifs is 1. The van der Waals surface area contributed by atoms with Crippen LogP contribution in [-0.4, -0.2) is 27.9 Å². The highest BCUT2D eigenvalue weighted by atomic mass is 35.5. The first-order valence-electron chi connectivity index (χ1n) is 11.0. The van der Waals surface area contributed by atoms with E-state index in [0.717, 1.165) is 42.4 Å². The Morgan fingerprint density at radius 2 is 2.03 bits per heavy atom. The van der Waals surface area contributed by atoms with E-state index >= 15 is 0 Å². The van der Waals surface area contributed by atoms with Crippen molar-refractivity contribution in [2.75, 3.05) is 18.8 Å². The average molecular weight is 496 g/mol. The monoisotopic (exact) mass is 495 g/mol. The molecular weight excluding hydrogens is 473 g/mol. The Kier molecular flexibility index (Phi) is 6.38. The molecule has 4 heterocycles. The van der Waals surface area contributed by atoms with E-state index in [-0.39, 0.29) is 12.2 Å². The van der Waals surface area contributed by atoms with Crippen molar-refractivity contribution in [1.29, 1.82) is 0 Å². The summed E-state index contributed by atoms with van der Waals surface area (Å²) >= 11 is 12.8. The van der Waals surface area contributed by atoms with E-state index < -0.39 is 6.10 Å². The van der Waals surface area contributed by atoms with Gasteiger partial charge in [-0.2, -0.15) is 5.10 Å². The van der Waals surface area contributed by atoms with Gasteiger partial charge in [-0.05, 0) is 38.1 Å². The van der Waals surface area contributed by atoms with E-state index in [2.05, 4.69) is 21.3 Å². The minimum atomic E-state index is -0.628. The van der Waals surface area contributed by atoms with Gasteiger partial charge in [-0.15, -0.1) is 12.3 Å². The van der Waals surface area contributed by atoms with Gasteiger partial charge in [-0.3, -0.25) is 4.68 Å². The van der Waals surface area contributed by atoms with Crippen molar-refractivity contribution in [3.63, 3.8) is 0 Å². The molecule has 7 nitrogen and oxygen atoms in total. The fraction of sp³-hybridized carbons (Fsp3) is 0.280. The van der Waals surface area contributed by atoms with Crippen molar-refractivity contribution >= 4 is 40.0 Å². The van der Waals surface area contributed by atoms with Crippen molar-refractivity contribution in [1.82, 2.24) is 20.1 Å². The number of benzene rings is 1. The second-order valence-electron chi connectivity index (χ2n) is 8.21. The van der Waals surface area contributed by atoms with Gasteiger partial charge >= 0.3 is 0 Å². The summed E-state index contributed by atoms with van der Waals surface area (Å²) < 4.78 is 14.2. The summed E-state index contributed by atoms with van der Waals surface area (Å²) in [6, 6.07) is 5.62.